The van der Waals surface area contributed by atoms with Crippen LogP contribution in [-0.4, -0.2) is 211 Å². The number of aliphatic hydroxyl groups is 2. The van der Waals surface area contributed by atoms with Crippen LogP contribution in [0.3, 0.4) is 0 Å². The maximum Gasteiger partial charge on any atom is 0.326 e. The highest BCUT2D eigenvalue weighted by Gasteiger charge is 2.33. The van der Waals surface area contributed by atoms with E-state index in [-0.39, 0.29) is 74.5 Å². The number of benzene rings is 2. The summed E-state index contributed by atoms with van der Waals surface area (Å²) in [6.45, 7) is 10.5. The molecule has 562 valence electrons. The van der Waals surface area contributed by atoms with Crippen molar-refractivity contribution in [1.29, 1.82) is 0 Å². The van der Waals surface area contributed by atoms with Crippen molar-refractivity contribution in [2.24, 2.45) is 5.73 Å². The fourth-order valence-corrected chi connectivity index (χ4v) is 16.1. The van der Waals surface area contributed by atoms with E-state index in [0.29, 0.717) is 101 Å². The lowest BCUT2D eigenvalue weighted by Gasteiger charge is -2.27. The molecule has 3 fully saturated rings. The third kappa shape index (κ3) is 21.8. The van der Waals surface area contributed by atoms with Gasteiger partial charge in [0.1, 0.15) is 18.7 Å². The first-order valence-electron chi connectivity index (χ1n) is 35.1. The summed E-state index contributed by atoms with van der Waals surface area (Å²) in [6.07, 6.45) is 12.8. The van der Waals surface area contributed by atoms with E-state index in [2.05, 4.69) is 51.2 Å². The number of carbonyl (C=O) groups excluding carboxylic acids is 5. The molecule has 6 aliphatic heterocycles. The number of amides is 4. The zero-order valence-corrected chi connectivity index (χ0v) is 62.9. The fourth-order valence-electron chi connectivity index (χ4n) is 12.4. The van der Waals surface area contributed by atoms with Gasteiger partial charge in [-0.15, -0.1) is 34.0 Å². The van der Waals surface area contributed by atoms with Crippen LogP contribution in [0.5, 0.6) is 0 Å². The van der Waals surface area contributed by atoms with Crippen molar-refractivity contribution in [3.63, 3.8) is 0 Å². The second-order valence-corrected chi connectivity index (χ2v) is 31.1. The molecule has 27 nitrogen and oxygen atoms in total. The highest BCUT2D eigenvalue weighted by molar-refractivity contribution is 7.16. The smallest absolute Gasteiger partial charge is 0.326 e. The van der Waals surface area contributed by atoms with E-state index in [9.17, 15) is 33.9 Å². The van der Waals surface area contributed by atoms with Gasteiger partial charge in [-0.25, -0.2) is 29.9 Å². The van der Waals surface area contributed by atoms with Crippen molar-refractivity contribution in [1.82, 2.24) is 49.9 Å². The van der Waals surface area contributed by atoms with Gasteiger partial charge in [-0.1, -0.05) is 47.5 Å². The van der Waals surface area contributed by atoms with Gasteiger partial charge < -0.3 is 76.0 Å². The number of hydrogen-bond donors (Lipinski definition) is 8. The second-order valence-electron chi connectivity index (χ2n) is 26.8. The number of nitrogens with two attached hydrogens (primary N) is 1. The van der Waals surface area contributed by atoms with Crippen LogP contribution in [0, 0.1) is 0 Å². The molecule has 2 aromatic carbocycles. The minimum atomic E-state index is -0.998. The van der Waals surface area contributed by atoms with Crippen molar-refractivity contribution < 1.29 is 63.0 Å². The van der Waals surface area contributed by atoms with Crippen molar-refractivity contribution in [3.8, 4) is 31.7 Å². The molecule has 0 radical (unpaired) electrons. The summed E-state index contributed by atoms with van der Waals surface area (Å²) in [6, 6.07) is 25.2. The summed E-state index contributed by atoms with van der Waals surface area (Å²) in [4.78, 5) is 112. The zero-order chi connectivity index (χ0) is 74.9. The van der Waals surface area contributed by atoms with Gasteiger partial charge >= 0.3 is 11.9 Å². The van der Waals surface area contributed by atoms with Gasteiger partial charge in [-0.3, -0.25) is 28.8 Å². The van der Waals surface area contributed by atoms with Crippen LogP contribution in [0.15, 0.2) is 104 Å². The van der Waals surface area contributed by atoms with Crippen LogP contribution in [0.2, 0.25) is 10.0 Å². The van der Waals surface area contributed by atoms with E-state index < -0.39 is 17.6 Å². The summed E-state index contributed by atoms with van der Waals surface area (Å²) in [5, 5.41) is 41.5. The Morgan fingerprint density at radius 3 is 1.30 bits per heavy atom. The number of thiophene rings is 3. The van der Waals surface area contributed by atoms with Gasteiger partial charge in [0, 0.05) is 140 Å². The molecule has 0 saturated carbocycles. The Balaban J connectivity index is 0.000000149. The number of aliphatic carboxylic acids is 1. The lowest BCUT2D eigenvalue weighted by Crippen LogP contribution is -2.45. The largest absolute Gasteiger partial charge is 0.480 e. The minimum absolute atomic E-state index is 0.0343. The number of rotatable bonds is 20. The molecule has 14 rings (SSSR count). The molecule has 0 spiro atoms. The number of anilines is 3. The molecule has 6 aliphatic rings. The van der Waals surface area contributed by atoms with Crippen LogP contribution >= 0.6 is 57.2 Å². The SMILES string of the molecule is CC(C)(C)OC(=O)CN1CCc2sc(-c3ccnc(NC4CCOCC4)n3)cc2C1=O.N[C@H](CO)c1cccc(Cl)c1.O=C(CN1CCc2sc(-c3ccnc(NC4CCOCC4)n3)cc2C1=O)N[C@H](CO)c1cccc(Cl)c1.O=C(O)CN1CCc2sc(-c3ccnc(NC4CCOCC4)n3)cc2C1=O. The number of nitrogens with zero attached hydrogens (tertiary/aromatic N) is 9. The van der Waals surface area contributed by atoms with E-state index in [4.69, 9.17) is 58.1 Å². The molecule has 6 aromatic heterocycles. The molecule has 106 heavy (non-hydrogen) atoms. The van der Waals surface area contributed by atoms with Gasteiger partial charge in [-0.05, 0) is 131 Å². The van der Waals surface area contributed by atoms with Gasteiger partial charge in [0.25, 0.3) is 17.7 Å². The first-order chi connectivity index (χ1) is 51.1. The van der Waals surface area contributed by atoms with Crippen molar-refractivity contribution in [3.05, 3.63) is 156 Å². The minimum Gasteiger partial charge on any atom is -0.480 e. The zero-order valence-electron chi connectivity index (χ0n) is 59.0. The summed E-state index contributed by atoms with van der Waals surface area (Å²) in [5.41, 5.74) is 10.7. The van der Waals surface area contributed by atoms with Crippen LogP contribution in [0.1, 0.15) is 128 Å². The van der Waals surface area contributed by atoms with Gasteiger partial charge in [0.2, 0.25) is 23.8 Å². The van der Waals surface area contributed by atoms with Crippen molar-refractivity contribution >= 4 is 111 Å². The van der Waals surface area contributed by atoms with E-state index in [0.717, 1.165) is 130 Å². The normalized spacial score (nSPS) is 16.8. The van der Waals surface area contributed by atoms with Crippen molar-refractivity contribution in [2.45, 2.75) is 114 Å². The number of ether oxygens (including phenoxy) is 4. The van der Waals surface area contributed by atoms with Crippen molar-refractivity contribution in [2.75, 3.05) is 108 Å². The molecule has 32 heteroatoms. The molecule has 9 N–H and O–H groups in total. The number of fused-ring (bicyclic) bond motifs is 3. The summed E-state index contributed by atoms with van der Waals surface area (Å²) >= 11 is 16.4. The highest BCUT2D eigenvalue weighted by atomic mass is 35.5. The maximum absolute atomic E-state index is 13.2. The number of halogens is 2. The Bertz CT molecular complexity index is 4370. The highest BCUT2D eigenvalue weighted by Crippen LogP contribution is 2.38. The molecule has 0 aliphatic carbocycles. The number of carboxylic acids is 1. The number of carbonyl (C=O) groups is 6. The quantitative estimate of drug-likeness (QED) is 0.0329. The topological polar surface area (TPSA) is 361 Å². The number of nitrogens with one attached hydrogen (secondary N) is 4. The number of carboxylic acid groups (broad SMARTS) is 1. The van der Waals surface area contributed by atoms with E-state index in [1.54, 1.807) is 87.5 Å². The Morgan fingerprint density at radius 2 is 0.934 bits per heavy atom. The molecular weight excluding hydrogens is 1460 g/mol. The number of aliphatic hydroxyl groups excluding tert-OH is 2. The summed E-state index contributed by atoms with van der Waals surface area (Å²) in [5.74, 6) is -0.541. The molecule has 4 amide bonds. The lowest BCUT2D eigenvalue weighted by molar-refractivity contribution is -0.155. The molecule has 0 bridgehead atoms. The van der Waals surface area contributed by atoms with Crippen LogP contribution < -0.4 is 27.0 Å². The van der Waals surface area contributed by atoms with Crippen LogP contribution in [-0.2, 0) is 52.6 Å². The first-order valence-corrected chi connectivity index (χ1v) is 38.3. The Morgan fingerprint density at radius 1 is 0.557 bits per heavy atom. The number of aromatic nitrogens is 6. The third-order valence-electron chi connectivity index (χ3n) is 17.8. The maximum atomic E-state index is 13.2. The van der Waals surface area contributed by atoms with E-state index in [1.807, 2.05) is 69.3 Å². The Labute approximate surface area is 635 Å². The second kappa shape index (κ2) is 37.2. The molecule has 3 saturated heterocycles. The van der Waals surface area contributed by atoms with E-state index >= 15 is 0 Å². The Kier molecular flexibility index (Phi) is 27.5. The third-order valence-corrected chi connectivity index (χ3v) is 22.0. The standard InChI is InChI=1S/C26H28ClN5O4S.C22H28N4O4S.C18H20N4O4S.C8H10ClNO/c27-17-3-1-2-16(12-17)21(15-33)30-24(34)14-32-9-5-22-19(25(32)35)13-23(37-22)20-4-8-28-26(31-20)29-18-6-10-36-11-7-18;1-22(2,3)30-19(27)13-26-9-5-17-15(20(26)28)12-18(31-17)16-4-8-23-21(25-16)24-14-6-10-29-11-7-14;23-16(24)10-22-6-2-14-12(17(22)25)9-15(27-14)13-1-5-19-18(21-13)20-11-3-7-26-8-4-11;9-7-3-1-2-6(4-7)8(10)5-11/h1-4,8,12-13,18,21,33H,5-7,9-11,14-15H2,(H,30,34)(H,28,29,31);4,8,12,14H,5-7,9-11,13H2,1-3H3,(H,23,24,25);1,5,9,11H,2-4,6-8,10H2,(H,23,24)(H,19,20,21);1-4,8,11H,5,10H2/t21-;;;8-/m1..1/s1. The van der Waals surface area contributed by atoms with Crippen LogP contribution in [0.25, 0.3) is 31.7 Å². The summed E-state index contributed by atoms with van der Waals surface area (Å²) < 4.78 is 21.5. The summed E-state index contributed by atoms with van der Waals surface area (Å²) in [7, 11) is 0. The average Bonchev–Trinajstić information content (AvgIpc) is 1.66. The van der Waals surface area contributed by atoms with Gasteiger partial charge in [-0.2, -0.15) is 0 Å². The van der Waals surface area contributed by atoms with E-state index in [1.165, 1.54) is 16.2 Å². The lowest BCUT2D eigenvalue weighted by atomic mass is 10.1. The number of hydrogen-bond acceptors (Lipinski definition) is 25. The fraction of sp³-hybridized carbons (Fsp3) is 0.432. The average molecular weight is 1550 g/mol. The van der Waals surface area contributed by atoms with Gasteiger partial charge in [0.15, 0.2) is 0 Å². The monoisotopic (exact) mass is 1540 g/mol. The Hall–Kier alpha value is -8.66. The molecule has 0 unspecified atom stereocenters. The molecule has 12 heterocycles. The molecule has 2 atom stereocenters. The molecule has 8 aromatic rings. The van der Waals surface area contributed by atoms with Gasteiger partial charge in [0.05, 0.1) is 80.2 Å². The molecular formula is C74H86Cl2N14O13S3. The first kappa shape index (κ1) is 78.4. The predicted octanol–water partition coefficient (Wildman–Crippen LogP) is 9.64. The number of esters is 1. The predicted molar refractivity (Wildman–Crippen MR) is 406 cm³/mol. The van der Waals surface area contributed by atoms with Crippen LogP contribution in [0.4, 0.5) is 17.8 Å².